The van der Waals surface area contributed by atoms with E-state index in [9.17, 15) is 13.2 Å². The predicted octanol–water partition coefficient (Wildman–Crippen LogP) is 4.72. The molecular weight excluding hydrogens is 335 g/mol. The van der Waals surface area contributed by atoms with Crippen LogP contribution in [0.1, 0.15) is 11.1 Å². The lowest BCUT2D eigenvalue weighted by atomic mass is 10.2. The van der Waals surface area contributed by atoms with Gasteiger partial charge in [-0.2, -0.15) is 13.2 Å². The number of rotatable bonds is 3. The van der Waals surface area contributed by atoms with Crippen molar-refractivity contribution in [2.75, 3.05) is 0 Å². The maximum absolute atomic E-state index is 12.5. The molecule has 0 bridgehead atoms. The summed E-state index contributed by atoms with van der Waals surface area (Å²) in [6.07, 6.45) is -4.35. The van der Waals surface area contributed by atoms with Gasteiger partial charge in [-0.1, -0.05) is 22.0 Å². The average Bonchev–Trinajstić information content (AvgIpc) is 2.38. The van der Waals surface area contributed by atoms with Crippen LogP contribution < -0.4 is 10.5 Å². The van der Waals surface area contributed by atoms with E-state index in [1.54, 1.807) is 12.1 Å². The Morgan fingerprint density at radius 2 is 1.70 bits per heavy atom. The van der Waals surface area contributed by atoms with Crippen molar-refractivity contribution in [2.24, 2.45) is 5.73 Å². The van der Waals surface area contributed by atoms with Crippen molar-refractivity contribution in [3.8, 4) is 11.5 Å². The first-order valence-electron chi connectivity index (χ1n) is 5.74. The molecule has 6 heteroatoms. The van der Waals surface area contributed by atoms with E-state index in [-0.39, 0.29) is 6.54 Å². The second-order valence-corrected chi connectivity index (χ2v) is 4.90. The van der Waals surface area contributed by atoms with Crippen LogP contribution in [0.4, 0.5) is 13.2 Å². The highest BCUT2D eigenvalue weighted by atomic mass is 79.9. The molecule has 0 unspecified atom stereocenters. The summed E-state index contributed by atoms with van der Waals surface area (Å²) in [6, 6.07) is 9.83. The fourth-order valence-corrected chi connectivity index (χ4v) is 2.18. The Bertz CT molecular complexity index is 596. The third-order valence-corrected chi connectivity index (χ3v) is 3.43. The van der Waals surface area contributed by atoms with E-state index in [2.05, 4.69) is 15.9 Å². The summed E-state index contributed by atoms with van der Waals surface area (Å²) in [5.41, 5.74) is 5.67. The first-order chi connectivity index (χ1) is 9.41. The molecule has 0 aromatic heterocycles. The molecule has 2 N–H and O–H groups in total. The molecule has 2 rings (SSSR count). The third-order valence-electron chi connectivity index (χ3n) is 2.69. The summed E-state index contributed by atoms with van der Waals surface area (Å²) in [4.78, 5) is 0. The van der Waals surface area contributed by atoms with Gasteiger partial charge in [-0.25, -0.2) is 0 Å². The Balaban J connectivity index is 2.25. The average molecular weight is 346 g/mol. The lowest BCUT2D eigenvalue weighted by Gasteiger charge is -2.12. The topological polar surface area (TPSA) is 35.2 Å². The highest BCUT2D eigenvalue weighted by Crippen LogP contribution is 2.33. The van der Waals surface area contributed by atoms with Crippen LogP contribution in [0.25, 0.3) is 0 Å². The summed E-state index contributed by atoms with van der Waals surface area (Å²) < 4.78 is 43.7. The summed E-state index contributed by atoms with van der Waals surface area (Å²) in [7, 11) is 0. The van der Waals surface area contributed by atoms with E-state index < -0.39 is 11.7 Å². The number of hydrogen-bond acceptors (Lipinski definition) is 2. The molecule has 0 amide bonds. The third kappa shape index (κ3) is 3.32. The number of benzene rings is 2. The smallest absolute Gasteiger partial charge is 0.416 e. The van der Waals surface area contributed by atoms with Crippen LogP contribution in [0.3, 0.4) is 0 Å². The Labute approximate surface area is 122 Å². The highest BCUT2D eigenvalue weighted by molar-refractivity contribution is 9.10. The minimum atomic E-state index is -4.35. The molecule has 0 radical (unpaired) electrons. The molecule has 0 fully saturated rings. The molecule has 0 aliphatic rings. The predicted molar refractivity (Wildman–Crippen MR) is 73.6 cm³/mol. The van der Waals surface area contributed by atoms with Crippen LogP contribution in [0, 0.1) is 0 Å². The van der Waals surface area contributed by atoms with E-state index >= 15 is 0 Å². The fourth-order valence-electron chi connectivity index (χ4n) is 1.67. The number of alkyl halides is 3. The van der Waals surface area contributed by atoms with Gasteiger partial charge in [0.05, 0.1) is 5.56 Å². The van der Waals surface area contributed by atoms with Gasteiger partial charge >= 0.3 is 6.18 Å². The fraction of sp³-hybridized carbons (Fsp3) is 0.143. The highest BCUT2D eigenvalue weighted by Gasteiger charge is 2.30. The normalized spacial score (nSPS) is 11.4. The number of hydrogen-bond donors (Lipinski definition) is 1. The second-order valence-electron chi connectivity index (χ2n) is 4.04. The van der Waals surface area contributed by atoms with Gasteiger partial charge in [0, 0.05) is 16.6 Å². The molecule has 0 spiro atoms. The van der Waals surface area contributed by atoms with Crippen LogP contribution >= 0.6 is 15.9 Å². The van der Waals surface area contributed by atoms with Gasteiger partial charge in [0.2, 0.25) is 0 Å². The van der Waals surface area contributed by atoms with Gasteiger partial charge in [0.1, 0.15) is 11.5 Å². The Morgan fingerprint density at radius 1 is 1.05 bits per heavy atom. The maximum Gasteiger partial charge on any atom is 0.416 e. The molecule has 2 nitrogen and oxygen atoms in total. The molecule has 2 aromatic carbocycles. The van der Waals surface area contributed by atoms with Crippen molar-refractivity contribution in [3.63, 3.8) is 0 Å². The van der Waals surface area contributed by atoms with Crippen LogP contribution in [0.15, 0.2) is 46.9 Å². The molecule has 0 aliphatic heterocycles. The van der Waals surface area contributed by atoms with Crippen LogP contribution in [0.2, 0.25) is 0 Å². The molecule has 0 atom stereocenters. The van der Waals surface area contributed by atoms with Crippen molar-refractivity contribution >= 4 is 15.9 Å². The quantitative estimate of drug-likeness (QED) is 0.873. The molecule has 0 saturated heterocycles. The summed E-state index contributed by atoms with van der Waals surface area (Å²) in [6.45, 7) is 0.261. The largest absolute Gasteiger partial charge is 0.457 e. The standard InChI is InChI=1S/C14H11BrF3NO/c15-12-2-1-3-13(11(12)8-19)20-10-6-4-9(5-7-10)14(16,17)18/h1-7H,8,19H2. The van der Waals surface area contributed by atoms with E-state index in [1.165, 1.54) is 12.1 Å². The molecule has 20 heavy (non-hydrogen) atoms. The molecule has 0 aliphatic carbocycles. The monoisotopic (exact) mass is 345 g/mol. The van der Waals surface area contributed by atoms with Gasteiger partial charge < -0.3 is 10.5 Å². The first-order valence-corrected chi connectivity index (χ1v) is 6.53. The van der Waals surface area contributed by atoms with Gasteiger partial charge in [0.25, 0.3) is 0 Å². The molecular formula is C14H11BrF3NO. The van der Waals surface area contributed by atoms with E-state index in [1.807, 2.05) is 6.07 Å². The zero-order chi connectivity index (χ0) is 14.8. The molecule has 106 valence electrons. The van der Waals surface area contributed by atoms with Crippen molar-refractivity contribution in [1.29, 1.82) is 0 Å². The number of nitrogens with two attached hydrogens (primary N) is 1. The Morgan fingerprint density at radius 3 is 2.25 bits per heavy atom. The minimum absolute atomic E-state index is 0.261. The molecule has 0 heterocycles. The minimum Gasteiger partial charge on any atom is -0.457 e. The summed E-state index contributed by atoms with van der Waals surface area (Å²) in [5.74, 6) is 0.840. The van der Waals surface area contributed by atoms with E-state index in [0.29, 0.717) is 11.5 Å². The van der Waals surface area contributed by atoms with Crippen molar-refractivity contribution < 1.29 is 17.9 Å². The number of halogens is 4. The van der Waals surface area contributed by atoms with E-state index in [4.69, 9.17) is 10.5 Å². The van der Waals surface area contributed by atoms with E-state index in [0.717, 1.165) is 22.2 Å². The maximum atomic E-state index is 12.5. The molecule has 0 saturated carbocycles. The van der Waals surface area contributed by atoms with Gasteiger partial charge in [0.15, 0.2) is 0 Å². The van der Waals surface area contributed by atoms with Crippen LogP contribution in [-0.4, -0.2) is 0 Å². The summed E-state index contributed by atoms with van der Waals surface area (Å²) in [5, 5.41) is 0. The van der Waals surface area contributed by atoms with Gasteiger partial charge in [-0.05, 0) is 36.4 Å². The SMILES string of the molecule is NCc1c(Br)cccc1Oc1ccc(C(F)(F)F)cc1. The Kier molecular flexibility index (Phi) is 4.35. The molecule has 2 aromatic rings. The second kappa shape index (κ2) is 5.85. The zero-order valence-electron chi connectivity index (χ0n) is 10.2. The first kappa shape index (κ1) is 14.9. The zero-order valence-corrected chi connectivity index (χ0v) is 11.8. The van der Waals surface area contributed by atoms with Crippen molar-refractivity contribution in [1.82, 2.24) is 0 Å². The number of ether oxygens (including phenoxy) is 1. The van der Waals surface area contributed by atoms with Crippen LogP contribution in [-0.2, 0) is 12.7 Å². The lowest BCUT2D eigenvalue weighted by Crippen LogP contribution is -2.04. The summed E-state index contributed by atoms with van der Waals surface area (Å²) >= 11 is 3.35. The lowest BCUT2D eigenvalue weighted by molar-refractivity contribution is -0.137. The van der Waals surface area contributed by atoms with Gasteiger partial charge in [-0.3, -0.25) is 0 Å². The van der Waals surface area contributed by atoms with Gasteiger partial charge in [-0.15, -0.1) is 0 Å². The van der Waals surface area contributed by atoms with Crippen molar-refractivity contribution in [3.05, 3.63) is 58.1 Å². The van der Waals surface area contributed by atoms with Crippen molar-refractivity contribution in [2.45, 2.75) is 12.7 Å². The Hall–Kier alpha value is -1.53. The van der Waals surface area contributed by atoms with Crippen LogP contribution in [0.5, 0.6) is 11.5 Å².